The molecule has 0 amide bonds. The van der Waals surface area contributed by atoms with E-state index >= 15 is 0 Å². The number of benzene rings is 1. The first-order valence-corrected chi connectivity index (χ1v) is 9.29. The van der Waals surface area contributed by atoms with E-state index in [1.54, 1.807) is 0 Å². The molecule has 1 aromatic carbocycles. The lowest BCUT2D eigenvalue weighted by atomic mass is 9.97. The number of hydrogen-bond donors (Lipinski definition) is 2. The highest BCUT2D eigenvalue weighted by atomic mass is 16.5. The summed E-state index contributed by atoms with van der Waals surface area (Å²) in [5.74, 6) is -1.84. The Morgan fingerprint density at radius 3 is 2.77 bits per heavy atom. The molecule has 0 spiro atoms. The van der Waals surface area contributed by atoms with Gasteiger partial charge in [-0.25, -0.2) is 0 Å². The molecule has 1 saturated carbocycles. The summed E-state index contributed by atoms with van der Waals surface area (Å²) in [6.07, 6.45) is 7.64. The van der Waals surface area contributed by atoms with Crippen LogP contribution in [0.25, 0.3) is 0 Å². The first kappa shape index (κ1) is 20.6. The maximum atomic E-state index is 11.0. The lowest BCUT2D eigenvalue weighted by Crippen LogP contribution is -2.32. The van der Waals surface area contributed by atoms with Gasteiger partial charge in [-0.15, -0.1) is 0 Å². The molecule has 0 bridgehead atoms. The fourth-order valence-corrected chi connectivity index (χ4v) is 3.44. The van der Waals surface area contributed by atoms with Crippen molar-refractivity contribution in [3.8, 4) is 0 Å². The summed E-state index contributed by atoms with van der Waals surface area (Å²) >= 11 is 0. The predicted octanol–water partition coefficient (Wildman–Crippen LogP) is 3.20. The highest BCUT2D eigenvalue weighted by Crippen LogP contribution is 2.40. The molecule has 2 N–H and O–H groups in total. The van der Waals surface area contributed by atoms with Crippen molar-refractivity contribution in [1.82, 2.24) is 0 Å². The molecule has 26 heavy (non-hydrogen) atoms. The molecular weight excluding hydrogens is 332 g/mol. The van der Waals surface area contributed by atoms with Crippen LogP contribution in [0.3, 0.4) is 0 Å². The molecule has 0 heterocycles. The summed E-state index contributed by atoms with van der Waals surface area (Å²) in [5.41, 5.74) is 1.12. The van der Waals surface area contributed by atoms with Crippen molar-refractivity contribution in [1.29, 1.82) is 0 Å². The molecule has 0 radical (unpaired) electrons. The lowest BCUT2D eigenvalue weighted by Gasteiger charge is -2.22. The minimum atomic E-state index is -1.63. The van der Waals surface area contributed by atoms with Crippen LogP contribution in [0.15, 0.2) is 42.5 Å². The first-order chi connectivity index (χ1) is 12.5. The van der Waals surface area contributed by atoms with Gasteiger partial charge >= 0.3 is 5.97 Å². The molecular formula is C21H30O5. The summed E-state index contributed by atoms with van der Waals surface area (Å²) in [6, 6.07) is 9.97. The van der Waals surface area contributed by atoms with Gasteiger partial charge in [0.15, 0.2) is 5.79 Å². The number of esters is 1. The average molecular weight is 362 g/mol. The number of carbonyl (C=O) groups is 1. The minimum absolute atomic E-state index is 0.159. The van der Waals surface area contributed by atoms with Crippen molar-refractivity contribution < 1.29 is 24.5 Å². The van der Waals surface area contributed by atoms with Gasteiger partial charge in [0.2, 0.25) is 0 Å². The Morgan fingerprint density at radius 1 is 1.27 bits per heavy atom. The van der Waals surface area contributed by atoms with E-state index in [0.29, 0.717) is 32.5 Å². The molecule has 144 valence electrons. The molecule has 1 aromatic rings. The van der Waals surface area contributed by atoms with Crippen molar-refractivity contribution in [3.63, 3.8) is 0 Å². The van der Waals surface area contributed by atoms with Crippen molar-refractivity contribution in [2.75, 3.05) is 13.7 Å². The van der Waals surface area contributed by atoms with Crippen molar-refractivity contribution in [2.24, 2.45) is 11.8 Å². The Hall–Kier alpha value is -1.69. The van der Waals surface area contributed by atoms with Crippen molar-refractivity contribution in [3.05, 3.63) is 48.0 Å². The van der Waals surface area contributed by atoms with Gasteiger partial charge in [-0.3, -0.25) is 4.79 Å². The van der Waals surface area contributed by atoms with E-state index in [1.165, 1.54) is 7.11 Å². The number of carbonyl (C=O) groups excluding carboxylic acids is 1. The number of allylic oxidation sites excluding steroid dienone is 2. The Morgan fingerprint density at radius 2 is 2.04 bits per heavy atom. The van der Waals surface area contributed by atoms with E-state index < -0.39 is 5.79 Å². The largest absolute Gasteiger partial charge is 0.469 e. The zero-order valence-electron chi connectivity index (χ0n) is 15.5. The fraction of sp³-hybridized carbons (Fsp3) is 0.571. The van der Waals surface area contributed by atoms with Crippen LogP contribution in [-0.4, -0.2) is 35.7 Å². The fourth-order valence-electron chi connectivity index (χ4n) is 3.44. The van der Waals surface area contributed by atoms with Gasteiger partial charge in [0.1, 0.15) is 0 Å². The summed E-state index contributed by atoms with van der Waals surface area (Å²) in [7, 11) is 1.39. The van der Waals surface area contributed by atoms with Crippen LogP contribution in [0.5, 0.6) is 0 Å². The highest BCUT2D eigenvalue weighted by molar-refractivity contribution is 5.69. The average Bonchev–Trinajstić information content (AvgIpc) is 2.92. The van der Waals surface area contributed by atoms with Crippen LogP contribution >= 0.6 is 0 Å². The van der Waals surface area contributed by atoms with Crippen LogP contribution < -0.4 is 0 Å². The topological polar surface area (TPSA) is 76.0 Å². The molecule has 1 fully saturated rings. The van der Waals surface area contributed by atoms with Crippen LogP contribution in [0, 0.1) is 11.8 Å². The quantitative estimate of drug-likeness (QED) is 0.289. The van der Waals surface area contributed by atoms with Gasteiger partial charge in [-0.2, -0.15) is 0 Å². The van der Waals surface area contributed by atoms with E-state index in [1.807, 2.05) is 42.5 Å². The lowest BCUT2D eigenvalue weighted by molar-refractivity contribution is -0.186. The Bertz CT molecular complexity index is 567. The van der Waals surface area contributed by atoms with Crippen LogP contribution in [0.2, 0.25) is 0 Å². The predicted molar refractivity (Wildman–Crippen MR) is 99.1 cm³/mol. The molecule has 1 aliphatic rings. The monoisotopic (exact) mass is 362 g/mol. The van der Waals surface area contributed by atoms with Gasteiger partial charge in [-0.1, -0.05) is 42.5 Å². The molecule has 0 aromatic heterocycles. The van der Waals surface area contributed by atoms with Gasteiger partial charge in [0.05, 0.1) is 20.3 Å². The number of hydrogen-bond acceptors (Lipinski definition) is 5. The maximum absolute atomic E-state index is 11.0. The SMILES string of the molecule is COC(=O)CCCC=CCC1CC(COCc2ccccc2)CC1(O)O. The second-order valence-electron chi connectivity index (χ2n) is 7.06. The van der Waals surface area contributed by atoms with Gasteiger partial charge in [0, 0.05) is 18.8 Å². The van der Waals surface area contributed by atoms with Crippen LogP contribution in [0.1, 0.15) is 44.1 Å². The second kappa shape index (κ2) is 10.5. The molecule has 2 atom stereocenters. The minimum Gasteiger partial charge on any atom is -0.469 e. The Balaban J connectivity index is 1.67. The van der Waals surface area contributed by atoms with Crippen molar-refractivity contribution >= 4 is 5.97 Å². The third-order valence-electron chi connectivity index (χ3n) is 4.89. The Labute approximate surface area is 155 Å². The molecule has 0 aliphatic heterocycles. The first-order valence-electron chi connectivity index (χ1n) is 9.29. The van der Waals surface area contributed by atoms with E-state index in [2.05, 4.69) is 4.74 Å². The number of ether oxygens (including phenoxy) is 2. The third kappa shape index (κ3) is 6.90. The van der Waals surface area contributed by atoms with E-state index in [0.717, 1.165) is 24.8 Å². The summed E-state index contributed by atoms with van der Waals surface area (Å²) in [4.78, 5) is 11.0. The zero-order chi connectivity index (χ0) is 18.8. The molecule has 5 heteroatoms. The van der Waals surface area contributed by atoms with E-state index in [4.69, 9.17) is 4.74 Å². The summed E-state index contributed by atoms with van der Waals surface area (Å²) in [6.45, 7) is 1.09. The maximum Gasteiger partial charge on any atom is 0.305 e. The molecule has 2 rings (SSSR count). The normalized spacial score (nSPS) is 22.0. The van der Waals surface area contributed by atoms with Gasteiger partial charge < -0.3 is 19.7 Å². The molecule has 0 saturated heterocycles. The van der Waals surface area contributed by atoms with Gasteiger partial charge in [-0.05, 0) is 37.2 Å². The van der Waals surface area contributed by atoms with E-state index in [-0.39, 0.29) is 17.8 Å². The smallest absolute Gasteiger partial charge is 0.305 e. The third-order valence-corrected chi connectivity index (χ3v) is 4.89. The summed E-state index contributed by atoms with van der Waals surface area (Å²) < 4.78 is 10.3. The molecule has 5 nitrogen and oxygen atoms in total. The number of aliphatic hydroxyl groups is 2. The molecule has 2 unspecified atom stereocenters. The van der Waals surface area contributed by atoms with Crippen molar-refractivity contribution in [2.45, 2.75) is 50.9 Å². The zero-order valence-corrected chi connectivity index (χ0v) is 15.5. The number of methoxy groups -OCH3 is 1. The van der Waals surface area contributed by atoms with Crippen LogP contribution in [0.4, 0.5) is 0 Å². The van der Waals surface area contributed by atoms with Gasteiger partial charge in [0.25, 0.3) is 0 Å². The number of rotatable bonds is 10. The highest BCUT2D eigenvalue weighted by Gasteiger charge is 2.43. The Kier molecular flexibility index (Phi) is 8.29. The van der Waals surface area contributed by atoms with Crippen LogP contribution in [-0.2, 0) is 20.9 Å². The second-order valence-corrected chi connectivity index (χ2v) is 7.06. The van der Waals surface area contributed by atoms with E-state index in [9.17, 15) is 15.0 Å². The standard InChI is InChI=1S/C21H30O5/c1-25-20(22)12-8-3-2-7-11-19-13-18(14-21(19,23)24)16-26-15-17-9-5-4-6-10-17/h2,4-7,9-10,18-19,23-24H,3,8,11-16H2,1H3. The molecule has 1 aliphatic carbocycles. The summed E-state index contributed by atoms with van der Waals surface area (Å²) in [5, 5.41) is 20.5. The number of unbranched alkanes of at least 4 members (excludes halogenated alkanes) is 1.